The van der Waals surface area contributed by atoms with Crippen molar-refractivity contribution >= 4 is 12.3 Å². The molecule has 5 heteroatoms. The van der Waals surface area contributed by atoms with Gasteiger partial charge in [0.15, 0.2) is 0 Å². The van der Waals surface area contributed by atoms with Gasteiger partial charge in [0.25, 0.3) is 0 Å². The second-order valence-electron chi connectivity index (χ2n) is 6.47. The van der Waals surface area contributed by atoms with Crippen LogP contribution in [0.3, 0.4) is 0 Å². The summed E-state index contributed by atoms with van der Waals surface area (Å²) in [7, 11) is 1.65. The molecule has 3 aromatic carbocycles. The Morgan fingerprint density at radius 1 is 0.897 bits per heavy atom. The first-order chi connectivity index (χ1) is 14.2. The van der Waals surface area contributed by atoms with Gasteiger partial charge < -0.3 is 14.8 Å². The summed E-state index contributed by atoms with van der Waals surface area (Å²) in [6.45, 7) is 1.29. The number of aliphatic imine (C=N–C) groups is 1. The molecule has 0 aliphatic rings. The van der Waals surface area contributed by atoms with E-state index in [0.717, 1.165) is 28.0 Å². The molecule has 1 N–H and O–H groups in total. The normalized spacial score (nSPS) is 10.7. The van der Waals surface area contributed by atoms with Gasteiger partial charge in [-0.3, -0.25) is 4.99 Å². The van der Waals surface area contributed by atoms with Gasteiger partial charge in [0.1, 0.15) is 12.4 Å². The number of amides is 1. The molecule has 0 radical (unpaired) electrons. The minimum absolute atomic E-state index is 0.260. The number of rotatable bonds is 8. The maximum absolute atomic E-state index is 11.8. The average Bonchev–Trinajstić information content (AvgIpc) is 2.78. The van der Waals surface area contributed by atoms with Crippen LogP contribution in [0, 0.1) is 0 Å². The fourth-order valence-corrected chi connectivity index (χ4v) is 2.66. The van der Waals surface area contributed by atoms with Crippen LogP contribution in [0.4, 0.5) is 4.79 Å². The van der Waals surface area contributed by atoms with E-state index < -0.39 is 6.09 Å². The average molecular weight is 388 g/mol. The van der Waals surface area contributed by atoms with Crippen LogP contribution in [0.15, 0.2) is 83.9 Å². The molecule has 0 unspecified atom stereocenters. The van der Waals surface area contributed by atoms with Gasteiger partial charge in [-0.05, 0) is 34.4 Å². The Bertz CT molecular complexity index is 921. The van der Waals surface area contributed by atoms with Crippen molar-refractivity contribution in [2.45, 2.75) is 19.7 Å². The van der Waals surface area contributed by atoms with Gasteiger partial charge in [-0.15, -0.1) is 0 Å². The maximum Gasteiger partial charge on any atom is 0.407 e. The number of methoxy groups -OCH3 is 1. The summed E-state index contributed by atoms with van der Waals surface area (Å²) in [5.41, 5.74) is 4.08. The number of hydrogen-bond acceptors (Lipinski definition) is 4. The zero-order valence-corrected chi connectivity index (χ0v) is 16.4. The van der Waals surface area contributed by atoms with Crippen LogP contribution in [0.1, 0.15) is 22.3 Å². The van der Waals surface area contributed by atoms with Gasteiger partial charge in [0, 0.05) is 12.8 Å². The van der Waals surface area contributed by atoms with Gasteiger partial charge in [0.05, 0.1) is 13.7 Å². The van der Waals surface area contributed by atoms with Crippen molar-refractivity contribution in [3.8, 4) is 5.75 Å². The SMILES string of the molecule is COc1ccc(CN=Cc2ccc(CNC(=O)OCc3ccccc3)cc2)cc1. The number of carbonyl (C=O) groups excluding carboxylic acids is 1. The summed E-state index contributed by atoms with van der Waals surface area (Å²) < 4.78 is 10.4. The zero-order valence-electron chi connectivity index (χ0n) is 16.4. The standard InChI is InChI=1S/C24H24N2O3/c1-28-23-13-11-20(12-14-23)16-25-15-19-7-9-21(10-8-19)17-26-24(27)29-18-22-5-3-2-4-6-22/h2-15H,16-18H2,1H3,(H,26,27). The molecular formula is C24H24N2O3. The lowest BCUT2D eigenvalue weighted by Gasteiger charge is -2.07. The van der Waals surface area contributed by atoms with Crippen molar-refractivity contribution in [3.05, 3.63) is 101 Å². The Morgan fingerprint density at radius 2 is 1.59 bits per heavy atom. The Balaban J connectivity index is 1.41. The van der Waals surface area contributed by atoms with Gasteiger partial charge in [0.2, 0.25) is 0 Å². The molecule has 0 fully saturated rings. The van der Waals surface area contributed by atoms with E-state index in [0.29, 0.717) is 13.1 Å². The molecule has 0 aliphatic carbocycles. The molecule has 0 saturated carbocycles. The van der Waals surface area contributed by atoms with Crippen molar-refractivity contribution in [1.29, 1.82) is 0 Å². The molecule has 5 nitrogen and oxygen atoms in total. The third-order valence-electron chi connectivity index (χ3n) is 4.30. The first-order valence-electron chi connectivity index (χ1n) is 9.39. The van der Waals surface area contributed by atoms with Crippen molar-refractivity contribution in [3.63, 3.8) is 0 Å². The van der Waals surface area contributed by atoms with Crippen molar-refractivity contribution in [2.24, 2.45) is 4.99 Å². The molecule has 3 rings (SSSR count). The lowest BCUT2D eigenvalue weighted by molar-refractivity contribution is 0.139. The Kier molecular flexibility index (Phi) is 7.41. The Morgan fingerprint density at radius 3 is 2.28 bits per heavy atom. The van der Waals surface area contributed by atoms with E-state index in [1.54, 1.807) is 7.11 Å². The van der Waals surface area contributed by atoms with Crippen molar-refractivity contribution < 1.29 is 14.3 Å². The largest absolute Gasteiger partial charge is 0.497 e. The van der Waals surface area contributed by atoms with Crippen LogP contribution >= 0.6 is 0 Å². The molecule has 0 aliphatic heterocycles. The topological polar surface area (TPSA) is 59.9 Å². The molecule has 3 aromatic rings. The first kappa shape index (κ1) is 20.1. The fourth-order valence-electron chi connectivity index (χ4n) is 2.66. The molecule has 0 saturated heterocycles. The fraction of sp³-hybridized carbons (Fsp3) is 0.167. The van der Waals surface area contributed by atoms with E-state index in [-0.39, 0.29) is 6.61 Å². The van der Waals surface area contributed by atoms with Gasteiger partial charge >= 0.3 is 6.09 Å². The van der Waals surface area contributed by atoms with Crippen LogP contribution in [0.25, 0.3) is 0 Å². The molecule has 0 atom stereocenters. The summed E-state index contributed by atoms with van der Waals surface area (Å²) in [5.74, 6) is 0.839. The summed E-state index contributed by atoms with van der Waals surface area (Å²) in [6, 6.07) is 25.3. The number of hydrogen-bond donors (Lipinski definition) is 1. The van der Waals surface area contributed by atoms with Crippen LogP contribution in [-0.2, 0) is 24.4 Å². The molecule has 29 heavy (non-hydrogen) atoms. The van der Waals surface area contributed by atoms with Crippen LogP contribution in [0.5, 0.6) is 5.75 Å². The van der Waals surface area contributed by atoms with Gasteiger partial charge in [-0.2, -0.15) is 0 Å². The highest BCUT2D eigenvalue weighted by atomic mass is 16.5. The predicted octanol–water partition coefficient (Wildman–Crippen LogP) is 4.74. The van der Waals surface area contributed by atoms with E-state index in [9.17, 15) is 4.79 Å². The molecular weight excluding hydrogens is 364 g/mol. The van der Waals surface area contributed by atoms with Crippen molar-refractivity contribution in [2.75, 3.05) is 7.11 Å². The highest BCUT2D eigenvalue weighted by molar-refractivity contribution is 5.79. The predicted molar refractivity (Wildman–Crippen MR) is 114 cm³/mol. The molecule has 0 spiro atoms. The third kappa shape index (κ3) is 6.81. The monoisotopic (exact) mass is 388 g/mol. The highest BCUT2D eigenvalue weighted by Gasteiger charge is 2.02. The minimum Gasteiger partial charge on any atom is -0.497 e. The molecule has 0 heterocycles. The van der Waals surface area contributed by atoms with Crippen LogP contribution in [-0.4, -0.2) is 19.4 Å². The minimum atomic E-state index is -0.431. The Labute approximate surface area is 171 Å². The van der Waals surface area contributed by atoms with E-state index >= 15 is 0 Å². The van der Waals surface area contributed by atoms with Crippen molar-refractivity contribution in [1.82, 2.24) is 5.32 Å². The molecule has 0 bridgehead atoms. The Hall–Kier alpha value is -3.60. The number of ether oxygens (including phenoxy) is 2. The third-order valence-corrected chi connectivity index (χ3v) is 4.30. The van der Waals surface area contributed by atoms with E-state index in [1.165, 1.54) is 0 Å². The van der Waals surface area contributed by atoms with Gasteiger partial charge in [-0.1, -0.05) is 66.7 Å². The number of carbonyl (C=O) groups is 1. The quantitative estimate of drug-likeness (QED) is 0.567. The van der Waals surface area contributed by atoms with Crippen LogP contribution in [0.2, 0.25) is 0 Å². The number of alkyl carbamates (subject to hydrolysis) is 1. The second-order valence-corrected chi connectivity index (χ2v) is 6.47. The molecule has 1 amide bonds. The van der Waals surface area contributed by atoms with Gasteiger partial charge in [-0.25, -0.2) is 4.79 Å². The number of benzene rings is 3. The molecule has 0 aromatic heterocycles. The number of nitrogens with zero attached hydrogens (tertiary/aromatic N) is 1. The highest BCUT2D eigenvalue weighted by Crippen LogP contribution is 2.12. The summed E-state index contributed by atoms with van der Waals surface area (Å²) in [6.07, 6.45) is 1.41. The summed E-state index contributed by atoms with van der Waals surface area (Å²) >= 11 is 0. The lowest BCUT2D eigenvalue weighted by Crippen LogP contribution is -2.23. The number of nitrogens with one attached hydrogen (secondary N) is 1. The second kappa shape index (κ2) is 10.7. The van der Waals surface area contributed by atoms with Crippen LogP contribution < -0.4 is 10.1 Å². The van der Waals surface area contributed by atoms with E-state index in [2.05, 4.69) is 10.3 Å². The lowest BCUT2D eigenvalue weighted by atomic mass is 10.1. The summed E-state index contributed by atoms with van der Waals surface area (Å²) in [5, 5.41) is 2.76. The van der Waals surface area contributed by atoms with E-state index in [1.807, 2.05) is 85.1 Å². The van der Waals surface area contributed by atoms with E-state index in [4.69, 9.17) is 9.47 Å². The summed E-state index contributed by atoms with van der Waals surface area (Å²) in [4.78, 5) is 16.3. The first-order valence-corrected chi connectivity index (χ1v) is 9.39. The smallest absolute Gasteiger partial charge is 0.407 e. The zero-order chi connectivity index (χ0) is 20.3. The maximum atomic E-state index is 11.8. The molecule has 148 valence electrons.